The summed E-state index contributed by atoms with van der Waals surface area (Å²) in [5.41, 5.74) is 1.48. The van der Waals surface area contributed by atoms with Gasteiger partial charge in [0.2, 0.25) is 17.8 Å². The van der Waals surface area contributed by atoms with Crippen LogP contribution in [0.3, 0.4) is 0 Å². The third kappa shape index (κ3) is 4.61. The number of aromatic nitrogens is 4. The van der Waals surface area contributed by atoms with Crippen LogP contribution in [-0.2, 0) is 9.59 Å². The minimum Gasteiger partial charge on any atom is -0.348 e. The van der Waals surface area contributed by atoms with Gasteiger partial charge < -0.3 is 20.9 Å². The summed E-state index contributed by atoms with van der Waals surface area (Å²) < 4.78 is 1.67. The Labute approximate surface area is 193 Å². The number of amides is 2. The molecule has 4 rings (SSSR count). The maximum Gasteiger partial charge on any atom is 0.249 e. The normalized spacial score (nSPS) is 23.6. The Morgan fingerprint density at radius 3 is 2.64 bits per heavy atom. The highest BCUT2D eigenvalue weighted by Crippen LogP contribution is 2.39. The molecule has 2 heterocycles. The monoisotopic (exact) mass is 452 g/mol. The fourth-order valence-corrected chi connectivity index (χ4v) is 4.87. The maximum atomic E-state index is 13.6. The summed E-state index contributed by atoms with van der Waals surface area (Å²) in [7, 11) is 1.71. The molecule has 5 atom stereocenters. The molecule has 1 saturated heterocycles. The first kappa shape index (κ1) is 22.9. The molecule has 1 aromatic heterocycles. The number of tetrazole rings is 1. The number of benzene rings is 1. The number of hydrogen-bond donors (Lipinski definition) is 3. The van der Waals surface area contributed by atoms with Gasteiger partial charge in [-0.2, -0.15) is 4.68 Å². The van der Waals surface area contributed by atoms with Crippen LogP contribution in [0.15, 0.2) is 42.5 Å². The van der Waals surface area contributed by atoms with Crippen molar-refractivity contribution >= 4 is 17.8 Å². The van der Waals surface area contributed by atoms with Gasteiger partial charge in [0.05, 0.1) is 17.8 Å². The zero-order valence-corrected chi connectivity index (χ0v) is 19.4. The van der Waals surface area contributed by atoms with E-state index in [4.69, 9.17) is 0 Å². The average molecular weight is 453 g/mol. The van der Waals surface area contributed by atoms with E-state index in [9.17, 15) is 9.59 Å². The first-order valence-corrected chi connectivity index (χ1v) is 11.4. The molecule has 1 aliphatic heterocycles. The van der Waals surface area contributed by atoms with Crippen molar-refractivity contribution in [2.75, 3.05) is 18.9 Å². The molecule has 1 aromatic carbocycles. The number of nitrogens with one attached hydrogen (secondary N) is 3. The molecule has 2 aromatic rings. The molecular weight excluding hydrogens is 420 g/mol. The zero-order valence-electron chi connectivity index (χ0n) is 19.4. The van der Waals surface area contributed by atoms with Crippen molar-refractivity contribution in [3.05, 3.63) is 42.5 Å². The van der Waals surface area contributed by atoms with Gasteiger partial charge in [-0.05, 0) is 74.2 Å². The fraction of sp³-hybridized carbons (Fsp3) is 0.522. The third-order valence-corrected chi connectivity index (χ3v) is 6.76. The number of carbonyl (C=O) groups excluding carboxylic acids is 2. The topological polar surface area (TPSA) is 117 Å². The van der Waals surface area contributed by atoms with E-state index in [1.54, 1.807) is 25.6 Å². The molecule has 10 nitrogen and oxygen atoms in total. The fourth-order valence-electron chi connectivity index (χ4n) is 4.87. The van der Waals surface area contributed by atoms with Gasteiger partial charge in [-0.3, -0.25) is 9.59 Å². The van der Waals surface area contributed by atoms with Crippen molar-refractivity contribution < 1.29 is 9.59 Å². The first-order chi connectivity index (χ1) is 15.9. The molecule has 10 heteroatoms. The molecule has 33 heavy (non-hydrogen) atoms. The van der Waals surface area contributed by atoms with Crippen LogP contribution in [-0.4, -0.2) is 74.7 Å². The Balaban J connectivity index is 1.52. The van der Waals surface area contributed by atoms with Gasteiger partial charge in [0.15, 0.2) is 0 Å². The molecule has 0 radical (unpaired) electrons. The molecule has 3 N–H and O–H groups in total. The second-order valence-electron chi connectivity index (χ2n) is 8.95. The summed E-state index contributed by atoms with van der Waals surface area (Å²) >= 11 is 0. The highest BCUT2D eigenvalue weighted by atomic mass is 16.2. The van der Waals surface area contributed by atoms with E-state index in [0.717, 1.165) is 24.9 Å². The van der Waals surface area contributed by atoms with Crippen molar-refractivity contribution in [1.82, 2.24) is 35.7 Å². The predicted octanol–water partition coefficient (Wildman–Crippen LogP) is 1.12. The molecule has 176 valence electrons. The van der Waals surface area contributed by atoms with Crippen molar-refractivity contribution in [3.63, 3.8) is 0 Å². The number of likely N-dealkylation sites (tertiary alicyclic amines) is 1. The molecule has 0 spiro atoms. The van der Waals surface area contributed by atoms with Crippen LogP contribution in [0.25, 0.3) is 5.69 Å². The van der Waals surface area contributed by atoms with Crippen LogP contribution in [0, 0.1) is 5.92 Å². The van der Waals surface area contributed by atoms with Gasteiger partial charge in [0, 0.05) is 12.6 Å². The maximum absolute atomic E-state index is 13.6. The number of para-hydroxylation sites is 1. The van der Waals surface area contributed by atoms with E-state index < -0.39 is 12.1 Å². The molecule has 2 aliphatic rings. The number of fused-ring (bicyclic) bond motifs is 1. The molecule has 2 fully saturated rings. The molecule has 0 unspecified atom stereocenters. The summed E-state index contributed by atoms with van der Waals surface area (Å²) in [5.74, 6) is 0.629. The minimum absolute atomic E-state index is 0.0129. The summed E-state index contributed by atoms with van der Waals surface area (Å²) in [5, 5.41) is 21.4. The minimum atomic E-state index is -0.747. The predicted molar refractivity (Wildman–Crippen MR) is 125 cm³/mol. The van der Waals surface area contributed by atoms with Crippen LogP contribution in [0.1, 0.15) is 33.1 Å². The summed E-state index contributed by atoms with van der Waals surface area (Å²) in [4.78, 5) is 27.9. The second kappa shape index (κ2) is 9.70. The van der Waals surface area contributed by atoms with E-state index in [0.29, 0.717) is 24.0 Å². The van der Waals surface area contributed by atoms with Crippen LogP contribution in [0.5, 0.6) is 0 Å². The summed E-state index contributed by atoms with van der Waals surface area (Å²) in [6, 6.07) is 8.58. The lowest BCUT2D eigenvalue weighted by Crippen LogP contribution is -2.55. The Morgan fingerprint density at radius 1 is 1.18 bits per heavy atom. The molecule has 1 saturated carbocycles. The number of rotatable bonds is 8. The lowest BCUT2D eigenvalue weighted by molar-refractivity contribution is -0.136. The van der Waals surface area contributed by atoms with E-state index >= 15 is 0 Å². The van der Waals surface area contributed by atoms with Crippen LogP contribution in [0.4, 0.5) is 5.95 Å². The first-order valence-electron chi connectivity index (χ1n) is 11.4. The van der Waals surface area contributed by atoms with Crippen molar-refractivity contribution in [3.8, 4) is 5.69 Å². The average Bonchev–Trinajstić information content (AvgIpc) is 3.54. The van der Waals surface area contributed by atoms with Crippen LogP contribution < -0.4 is 16.0 Å². The van der Waals surface area contributed by atoms with Gasteiger partial charge in [0.1, 0.15) is 6.04 Å². The molecule has 1 aliphatic carbocycles. The van der Waals surface area contributed by atoms with Gasteiger partial charge in [0.25, 0.3) is 0 Å². The number of anilines is 1. The van der Waals surface area contributed by atoms with E-state index in [1.165, 1.54) is 0 Å². The number of likely N-dealkylation sites (N-methyl/N-ethyl adjacent to an activating group) is 1. The van der Waals surface area contributed by atoms with Crippen molar-refractivity contribution in [2.24, 2.45) is 5.92 Å². The van der Waals surface area contributed by atoms with Crippen molar-refractivity contribution in [1.29, 1.82) is 0 Å². The highest BCUT2D eigenvalue weighted by Gasteiger charge is 2.48. The van der Waals surface area contributed by atoms with Gasteiger partial charge >= 0.3 is 0 Å². The standard InChI is InChI=1S/C23H32N8O2/c1-14(2)19(26-21(32)15(3)24-4)22(33)30-13-12-16-10-11-18(20(16)30)25-23-27-28-29-31(23)17-8-6-5-7-9-17/h5-9,15-16,18-20,24H,1,10-13H2,2-4H3,(H,26,32)(H,25,27,29)/t15-,16+,18-,19-,20-/m0/s1. The third-order valence-electron chi connectivity index (χ3n) is 6.76. The highest BCUT2D eigenvalue weighted by molar-refractivity contribution is 5.92. The van der Waals surface area contributed by atoms with Crippen LogP contribution >= 0.6 is 0 Å². The molecule has 2 amide bonds. The lowest BCUT2D eigenvalue weighted by Gasteiger charge is -2.33. The van der Waals surface area contributed by atoms with E-state index in [-0.39, 0.29) is 23.9 Å². The Hall–Kier alpha value is -3.27. The lowest BCUT2D eigenvalue weighted by atomic mass is 10.0. The van der Waals surface area contributed by atoms with Crippen molar-refractivity contribution in [2.45, 2.75) is 57.3 Å². The van der Waals surface area contributed by atoms with E-state index in [2.05, 4.69) is 38.1 Å². The van der Waals surface area contributed by atoms with Gasteiger partial charge in [-0.25, -0.2) is 0 Å². The Kier molecular flexibility index (Phi) is 6.73. The quantitative estimate of drug-likeness (QED) is 0.514. The van der Waals surface area contributed by atoms with Crippen LogP contribution in [0.2, 0.25) is 0 Å². The summed E-state index contributed by atoms with van der Waals surface area (Å²) in [6.07, 6.45) is 2.89. The zero-order chi connectivity index (χ0) is 23.5. The smallest absolute Gasteiger partial charge is 0.249 e. The molecule has 0 bridgehead atoms. The second-order valence-corrected chi connectivity index (χ2v) is 8.95. The number of hydrogen-bond acceptors (Lipinski definition) is 7. The Bertz CT molecular complexity index is 1010. The Morgan fingerprint density at radius 2 is 1.94 bits per heavy atom. The summed E-state index contributed by atoms with van der Waals surface area (Å²) in [6.45, 7) is 8.17. The number of carbonyl (C=O) groups is 2. The molecular formula is C23H32N8O2. The van der Waals surface area contributed by atoms with Gasteiger partial charge in [-0.15, -0.1) is 0 Å². The SMILES string of the molecule is C=C(C)[C@H](NC(=O)[C@H](C)NC)C(=O)N1CC[C@H]2CC[C@H](Nc3nnnn3-c3ccccc3)[C@H]21. The van der Waals surface area contributed by atoms with E-state index in [1.807, 2.05) is 35.2 Å². The van der Waals surface area contributed by atoms with Gasteiger partial charge in [-0.1, -0.05) is 29.9 Å². The number of nitrogens with zero attached hydrogens (tertiary/aromatic N) is 5. The largest absolute Gasteiger partial charge is 0.348 e.